The summed E-state index contributed by atoms with van der Waals surface area (Å²) in [6.45, 7) is 2.90. The molecule has 9 heteroatoms. The number of nitrogens with one attached hydrogen (secondary N) is 2. The van der Waals surface area contributed by atoms with E-state index in [9.17, 15) is 13.2 Å². The molecule has 3 aromatic rings. The topological polar surface area (TPSA) is 98.4 Å². The van der Waals surface area contributed by atoms with Gasteiger partial charge in [-0.3, -0.25) is 4.72 Å². The average Bonchev–Trinajstić information content (AvgIpc) is 3.21. The maximum absolute atomic E-state index is 12.1. The lowest BCUT2D eigenvalue weighted by molar-refractivity contribution is -0.109. The van der Waals surface area contributed by atoms with Crippen molar-refractivity contribution in [3.8, 4) is 0 Å². The number of aromatic amines is 1. The van der Waals surface area contributed by atoms with E-state index < -0.39 is 10.0 Å². The molecule has 1 aliphatic heterocycles. The zero-order chi connectivity index (χ0) is 23.6. The van der Waals surface area contributed by atoms with Crippen LogP contribution in [-0.2, 0) is 21.2 Å². The van der Waals surface area contributed by atoms with Gasteiger partial charge in [-0.15, -0.1) is 0 Å². The van der Waals surface area contributed by atoms with E-state index >= 15 is 0 Å². The number of anilines is 3. The average molecular weight is 470 g/mol. The van der Waals surface area contributed by atoms with Crippen molar-refractivity contribution >= 4 is 44.5 Å². The molecule has 0 bridgehead atoms. The molecule has 0 saturated carbocycles. The van der Waals surface area contributed by atoms with Gasteiger partial charge in [0, 0.05) is 42.4 Å². The Morgan fingerprint density at radius 2 is 2.12 bits per heavy atom. The van der Waals surface area contributed by atoms with Crippen molar-refractivity contribution in [3.63, 3.8) is 0 Å². The van der Waals surface area contributed by atoms with E-state index in [0.29, 0.717) is 12.1 Å². The van der Waals surface area contributed by atoms with Crippen LogP contribution >= 0.6 is 0 Å². The molecule has 0 radical (unpaired) electrons. The second-order valence-electron chi connectivity index (χ2n) is 8.75. The van der Waals surface area contributed by atoms with Gasteiger partial charge in [0.05, 0.1) is 12.3 Å². The molecule has 176 valence electrons. The molecule has 33 heavy (non-hydrogen) atoms. The number of hydrogen-bond acceptors (Lipinski definition) is 6. The van der Waals surface area contributed by atoms with Gasteiger partial charge in [-0.05, 0) is 55.2 Å². The predicted octanol–water partition coefficient (Wildman–Crippen LogP) is 3.56. The highest BCUT2D eigenvalue weighted by atomic mass is 32.2. The summed E-state index contributed by atoms with van der Waals surface area (Å²) in [5.74, 6) is 1.86. The highest BCUT2D eigenvalue weighted by molar-refractivity contribution is 7.92. The minimum atomic E-state index is -3.34. The summed E-state index contributed by atoms with van der Waals surface area (Å²) in [7, 11) is -1.27. The lowest BCUT2D eigenvalue weighted by atomic mass is 9.96. The summed E-state index contributed by atoms with van der Waals surface area (Å²) in [6.07, 6.45) is 7.63. The number of hydrogen-bond donors (Lipinski definition) is 2. The predicted molar refractivity (Wildman–Crippen MR) is 134 cm³/mol. The van der Waals surface area contributed by atoms with Gasteiger partial charge in [0.2, 0.25) is 10.0 Å². The lowest BCUT2D eigenvalue weighted by Gasteiger charge is -2.41. The number of H-pyrrole nitrogens is 1. The maximum atomic E-state index is 12.1. The van der Waals surface area contributed by atoms with E-state index in [-0.39, 0.29) is 12.1 Å². The minimum Gasteiger partial charge on any atom is -0.356 e. The lowest BCUT2D eigenvalue weighted by Crippen LogP contribution is -2.50. The van der Waals surface area contributed by atoms with Crippen LogP contribution in [0.4, 0.5) is 17.3 Å². The largest absolute Gasteiger partial charge is 0.356 e. The number of sulfonamides is 1. The summed E-state index contributed by atoms with van der Waals surface area (Å²) in [5.41, 5.74) is 2.65. The van der Waals surface area contributed by atoms with E-state index in [1.165, 1.54) is 5.56 Å². The molecule has 2 unspecified atom stereocenters. The molecule has 1 aliphatic rings. The van der Waals surface area contributed by atoms with Gasteiger partial charge in [0.15, 0.2) is 0 Å². The summed E-state index contributed by atoms with van der Waals surface area (Å²) in [6, 6.07) is 11.4. The smallest absolute Gasteiger partial charge is 0.229 e. The van der Waals surface area contributed by atoms with Crippen molar-refractivity contribution < 1.29 is 13.2 Å². The first-order chi connectivity index (χ1) is 15.8. The molecule has 8 nitrogen and oxygen atoms in total. The van der Waals surface area contributed by atoms with Crippen molar-refractivity contribution in [2.45, 2.75) is 44.7 Å². The maximum Gasteiger partial charge on any atom is 0.229 e. The number of carbonyl (C=O) groups excluding carboxylic acids is 1. The van der Waals surface area contributed by atoms with Gasteiger partial charge in [0.25, 0.3) is 0 Å². The fraction of sp³-hybridized carbons (Fsp3) is 0.417. The van der Waals surface area contributed by atoms with Crippen LogP contribution < -0.4 is 14.5 Å². The van der Waals surface area contributed by atoms with Crippen LogP contribution in [0.25, 0.3) is 10.9 Å². The zero-order valence-electron chi connectivity index (χ0n) is 19.3. The minimum absolute atomic E-state index is 0.219. The third kappa shape index (κ3) is 5.13. The molecule has 0 aliphatic carbocycles. The molecule has 2 aromatic heterocycles. The molecular weight excluding hydrogens is 438 g/mol. The highest BCUT2D eigenvalue weighted by Gasteiger charge is 2.32. The fourth-order valence-corrected chi connectivity index (χ4v) is 5.25. The Balaban J connectivity index is 1.53. The van der Waals surface area contributed by atoms with Crippen LogP contribution in [-0.4, -0.2) is 56.6 Å². The number of pyridine rings is 1. The first-order valence-corrected chi connectivity index (χ1v) is 13.2. The van der Waals surface area contributed by atoms with E-state index in [1.807, 2.05) is 24.4 Å². The van der Waals surface area contributed by atoms with Crippen LogP contribution in [0.1, 0.15) is 31.7 Å². The van der Waals surface area contributed by atoms with Crippen LogP contribution in [0.15, 0.2) is 42.6 Å². The van der Waals surface area contributed by atoms with Crippen molar-refractivity contribution in [2.75, 3.05) is 34.4 Å². The third-order valence-electron chi connectivity index (χ3n) is 6.26. The first kappa shape index (κ1) is 23.1. The second-order valence-corrected chi connectivity index (χ2v) is 10.5. The van der Waals surface area contributed by atoms with Crippen molar-refractivity contribution in [2.24, 2.45) is 0 Å². The number of piperidine rings is 1. The van der Waals surface area contributed by atoms with Gasteiger partial charge < -0.3 is 19.6 Å². The zero-order valence-corrected chi connectivity index (χ0v) is 20.1. The molecule has 1 fully saturated rings. The van der Waals surface area contributed by atoms with Gasteiger partial charge in [-0.25, -0.2) is 13.4 Å². The molecule has 4 rings (SSSR count). The third-order valence-corrected chi connectivity index (χ3v) is 6.87. The molecule has 2 N–H and O–H groups in total. The first-order valence-electron chi connectivity index (χ1n) is 11.3. The molecule has 0 amide bonds. The standard InChI is InChI=1S/C24H31N5O3S/c1-4-6-17-7-5-11-25-24(17)28(2)20-10-12-29(21(15-20)16-30)23-14-18-13-19(27-33(3,31)32)8-9-22(18)26-23/h5,7-9,11,13-14,16,20-21,26-27H,4,6,10,12,15H2,1-3H3. The highest BCUT2D eigenvalue weighted by Crippen LogP contribution is 2.31. The second kappa shape index (κ2) is 9.43. The molecule has 2 atom stereocenters. The monoisotopic (exact) mass is 469 g/mol. The van der Waals surface area contributed by atoms with Gasteiger partial charge in [-0.2, -0.15) is 0 Å². The summed E-state index contributed by atoms with van der Waals surface area (Å²) < 4.78 is 25.6. The number of fused-ring (bicyclic) bond motifs is 1. The molecule has 1 saturated heterocycles. The number of aryl methyl sites for hydroxylation is 1. The summed E-state index contributed by atoms with van der Waals surface area (Å²) in [4.78, 5) is 24.4. The molecular formula is C24H31N5O3S. The van der Waals surface area contributed by atoms with Crippen LogP contribution in [0.2, 0.25) is 0 Å². The van der Waals surface area contributed by atoms with E-state index in [4.69, 9.17) is 0 Å². The summed E-state index contributed by atoms with van der Waals surface area (Å²) in [5, 5.41) is 0.889. The Morgan fingerprint density at radius 1 is 1.30 bits per heavy atom. The normalized spacial score (nSPS) is 18.9. The number of carbonyl (C=O) groups is 1. The van der Waals surface area contributed by atoms with E-state index in [2.05, 4.69) is 44.5 Å². The van der Waals surface area contributed by atoms with Gasteiger partial charge in [0.1, 0.15) is 17.9 Å². The van der Waals surface area contributed by atoms with E-state index in [0.717, 1.165) is 60.9 Å². The number of nitrogens with zero attached hydrogens (tertiary/aromatic N) is 3. The van der Waals surface area contributed by atoms with Crippen LogP contribution in [0.3, 0.4) is 0 Å². The SMILES string of the molecule is CCCc1cccnc1N(C)C1CCN(c2cc3cc(NS(C)(=O)=O)ccc3[nH]2)C(C=O)C1. The number of aromatic nitrogens is 2. The Morgan fingerprint density at radius 3 is 2.85 bits per heavy atom. The molecule has 3 heterocycles. The Bertz CT molecular complexity index is 1240. The van der Waals surface area contributed by atoms with Crippen molar-refractivity contribution in [1.82, 2.24) is 9.97 Å². The summed E-state index contributed by atoms with van der Waals surface area (Å²) >= 11 is 0. The van der Waals surface area contributed by atoms with Crippen molar-refractivity contribution in [1.29, 1.82) is 0 Å². The number of rotatable bonds is 8. The van der Waals surface area contributed by atoms with Crippen LogP contribution in [0.5, 0.6) is 0 Å². The van der Waals surface area contributed by atoms with Crippen molar-refractivity contribution in [3.05, 3.63) is 48.2 Å². The molecule has 0 spiro atoms. The molecule has 1 aromatic carbocycles. The number of benzene rings is 1. The Kier molecular flexibility index (Phi) is 6.60. The quantitative estimate of drug-likeness (QED) is 0.490. The Hall–Kier alpha value is -3.07. The fourth-order valence-electron chi connectivity index (χ4n) is 4.69. The number of aldehydes is 1. The van der Waals surface area contributed by atoms with Gasteiger partial charge in [-0.1, -0.05) is 19.4 Å². The van der Waals surface area contributed by atoms with Crippen LogP contribution in [0, 0.1) is 0 Å². The van der Waals surface area contributed by atoms with Gasteiger partial charge >= 0.3 is 0 Å². The van der Waals surface area contributed by atoms with E-state index in [1.54, 1.807) is 12.1 Å². The Labute approximate surface area is 195 Å².